The fourth-order valence-corrected chi connectivity index (χ4v) is 3.41. The maximum absolute atomic E-state index is 11.8. The topological polar surface area (TPSA) is 66.5 Å². The van der Waals surface area contributed by atoms with Gasteiger partial charge in [-0.25, -0.2) is 9.78 Å². The Kier molecular flexibility index (Phi) is 4.43. The first-order chi connectivity index (χ1) is 11.0. The molecule has 126 valence electrons. The molecule has 3 heterocycles. The molecule has 0 aromatic carbocycles. The third-order valence-electron chi connectivity index (χ3n) is 4.47. The molecule has 1 fully saturated rings. The summed E-state index contributed by atoms with van der Waals surface area (Å²) in [5, 5.41) is 6.22. The first-order valence-electron chi connectivity index (χ1n) is 8.41. The fraction of sp³-hybridized carbons (Fsp3) is 0.647. The van der Waals surface area contributed by atoms with Crippen LogP contribution < -0.4 is 15.5 Å². The number of amides is 1. The Labute approximate surface area is 137 Å². The number of hydrogen-bond donors (Lipinski definition) is 2. The summed E-state index contributed by atoms with van der Waals surface area (Å²) in [5.41, 5.74) is 2.09. The second-order valence-electron chi connectivity index (χ2n) is 6.84. The van der Waals surface area contributed by atoms with Gasteiger partial charge in [0.25, 0.3) is 0 Å². The Bertz CT molecular complexity index is 590. The molecule has 0 aliphatic carbocycles. The van der Waals surface area contributed by atoms with Gasteiger partial charge >= 0.3 is 6.09 Å². The van der Waals surface area contributed by atoms with Gasteiger partial charge in [0.15, 0.2) is 0 Å². The van der Waals surface area contributed by atoms with E-state index in [0.717, 1.165) is 31.0 Å². The molecule has 1 aromatic heterocycles. The number of nitrogens with zero attached hydrogens (tertiary/aromatic N) is 2. The average Bonchev–Trinajstić information content (AvgIpc) is 2.84. The predicted molar refractivity (Wildman–Crippen MR) is 89.7 cm³/mol. The van der Waals surface area contributed by atoms with Crippen LogP contribution in [0.15, 0.2) is 12.1 Å². The number of alkyl carbamates (subject to hydrolysis) is 1. The van der Waals surface area contributed by atoms with Crippen molar-refractivity contribution < 1.29 is 9.53 Å². The number of fused-ring (bicyclic) bond motifs is 3. The minimum Gasteiger partial charge on any atom is -0.440 e. The van der Waals surface area contributed by atoms with Crippen LogP contribution in [-0.4, -0.2) is 42.3 Å². The van der Waals surface area contributed by atoms with Crippen LogP contribution in [-0.2, 0) is 11.2 Å². The highest BCUT2D eigenvalue weighted by atomic mass is 16.6. The highest BCUT2D eigenvalue weighted by Crippen LogP contribution is 2.34. The minimum absolute atomic E-state index is 0.0603. The lowest BCUT2D eigenvalue weighted by Gasteiger charge is -2.37. The average molecular weight is 318 g/mol. The van der Waals surface area contributed by atoms with Crippen molar-refractivity contribution in [1.29, 1.82) is 0 Å². The number of anilines is 1. The van der Waals surface area contributed by atoms with E-state index in [4.69, 9.17) is 9.72 Å². The first kappa shape index (κ1) is 16.1. The Morgan fingerprint density at radius 1 is 1.39 bits per heavy atom. The van der Waals surface area contributed by atoms with Crippen molar-refractivity contribution in [3.8, 4) is 0 Å². The van der Waals surface area contributed by atoms with Gasteiger partial charge in [0.1, 0.15) is 11.9 Å². The van der Waals surface area contributed by atoms with Crippen molar-refractivity contribution >= 4 is 11.9 Å². The van der Waals surface area contributed by atoms with Crippen LogP contribution in [0.1, 0.15) is 45.1 Å². The van der Waals surface area contributed by atoms with E-state index in [0.29, 0.717) is 12.1 Å². The molecule has 2 unspecified atom stereocenters. The lowest BCUT2D eigenvalue weighted by molar-refractivity contribution is 0.103. The highest BCUT2D eigenvalue weighted by molar-refractivity contribution is 5.67. The Morgan fingerprint density at radius 2 is 2.17 bits per heavy atom. The van der Waals surface area contributed by atoms with Crippen LogP contribution in [0, 0.1) is 0 Å². The van der Waals surface area contributed by atoms with Gasteiger partial charge in [0.05, 0.1) is 5.69 Å². The standard InChI is InChI=1S/C17H26N4O2/c1-10(2)19-17(22)23-12(4)15-6-5-13-7-14-9-18-8-11(3)21(14)16(13)20-15/h5-6,10-12,14,18H,7-9H2,1-4H3,(H,19,22)/t11?,12-,14?/m0/s1. The van der Waals surface area contributed by atoms with Gasteiger partial charge < -0.3 is 20.3 Å². The maximum Gasteiger partial charge on any atom is 0.407 e. The number of carbonyl (C=O) groups excluding carboxylic acids is 1. The Morgan fingerprint density at radius 3 is 2.91 bits per heavy atom. The van der Waals surface area contributed by atoms with E-state index in [9.17, 15) is 4.79 Å². The van der Waals surface area contributed by atoms with Crippen molar-refractivity contribution in [2.45, 2.75) is 58.3 Å². The van der Waals surface area contributed by atoms with Gasteiger partial charge in [-0.2, -0.15) is 0 Å². The van der Waals surface area contributed by atoms with Gasteiger partial charge in [-0.1, -0.05) is 6.07 Å². The largest absolute Gasteiger partial charge is 0.440 e. The maximum atomic E-state index is 11.8. The van der Waals surface area contributed by atoms with E-state index < -0.39 is 6.09 Å². The van der Waals surface area contributed by atoms with E-state index >= 15 is 0 Å². The lowest BCUT2D eigenvalue weighted by atomic mass is 10.1. The summed E-state index contributed by atoms with van der Waals surface area (Å²) in [5.74, 6) is 1.06. The molecule has 6 heteroatoms. The number of hydrogen-bond acceptors (Lipinski definition) is 5. The van der Waals surface area contributed by atoms with Crippen molar-refractivity contribution in [1.82, 2.24) is 15.6 Å². The Hall–Kier alpha value is -1.82. The molecule has 2 aliphatic heterocycles. The number of piperazine rings is 1. The van der Waals surface area contributed by atoms with E-state index in [1.165, 1.54) is 5.56 Å². The summed E-state index contributed by atoms with van der Waals surface area (Å²) in [7, 11) is 0. The van der Waals surface area contributed by atoms with E-state index in [1.54, 1.807) is 0 Å². The van der Waals surface area contributed by atoms with E-state index in [1.807, 2.05) is 26.8 Å². The molecule has 0 spiro atoms. The molecule has 0 saturated carbocycles. The SMILES string of the molecule is CC(C)NC(=O)O[C@@H](C)c1ccc2c(n1)N1C(C)CNCC1C2. The second-order valence-corrected chi connectivity index (χ2v) is 6.84. The molecule has 0 radical (unpaired) electrons. The molecule has 1 aromatic rings. The molecule has 3 rings (SSSR count). The summed E-state index contributed by atoms with van der Waals surface area (Å²) in [6.07, 6.45) is 0.266. The molecular formula is C17H26N4O2. The van der Waals surface area contributed by atoms with Crippen LogP contribution in [0.4, 0.5) is 10.6 Å². The van der Waals surface area contributed by atoms with Crippen LogP contribution in [0.25, 0.3) is 0 Å². The highest BCUT2D eigenvalue weighted by Gasteiger charge is 2.36. The molecule has 0 bridgehead atoms. The minimum atomic E-state index is -0.400. The molecular weight excluding hydrogens is 292 g/mol. The number of rotatable bonds is 3. The van der Waals surface area contributed by atoms with Gasteiger partial charge in [-0.3, -0.25) is 0 Å². The number of carbonyl (C=O) groups is 1. The molecule has 6 nitrogen and oxygen atoms in total. The van der Waals surface area contributed by atoms with Gasteiger partial charge in [0, 0.05) is 31.2 Å². The summed E-state index contributed by atoms with van der Waals surface area (Å²) in [6, 6.07) is 5.08. The fourth-order valence-electron chi connectivity index (χ4n) is 3.41. The normalized spacial score (nSPS) is 24.1. The smallest absolute Gasteiger partial charge is 0.407 e. The zero-order chi connectivity index (χ0) is 16.6. The first-order valence-corrected chi connectivity index (χ1v) is 8.41. The summed E-state index contributed by atoms with van der Waals surface area (Å²) in [4.78, 5) is 19.0. The van der Waals surface area contributed by atoms with Crippen molar-refractivity contribution in [3.63, 3.8) is 0 Å². The van der Waals surface area contributed by atoms with Gasteiger partial charge in [-0.15, -0.1) is 0 Å². The number of ether oxygens (including phenoxy) is 1. The van der Waals surface area contributed by atoms with E-state index in [2.05, 4.69) is 28.5 Å². The molecule has 1 amide bonds. The van der Waals surface area contributed by atoms with E-state index in [-0.39, 0.29) is 12.1 Å². The quantitative estimate of drug-likeness (QED) is 0.892. The third kappa shape index (κ3) is 3.27. The summed E-state index contributed by atoms with van der Waals surface area (Å²) >= 11 is 0. The van der Waals surface area contributed by atoms with Gasteiger partial charge in [0.2, 0.25) is 0 Å². The monoisotopic (exact) mass is 318 g/mol. The number of aromatic nitrogens is 1. The summed E-state index contributed by atoms with van der Waals surface area (Å²) < 4.78 is 5.43. The van der Waals surface area contributed by atoms with Crippen LogP contribution in [0.3, 0.4) is 0 Å². The molecule has 2 aliphatic rings. The van der Waals surface area contributed by atoms with Crippen LogP contribution in [0.5, 0.6) is 0 Å². The molecule has 23 heavy (non-hydrogen) atoms. The zero-order valence-electron chi connectivity index (χ0n) is 14.3. The van der Waals surface area contributed by atoms with Crippen molar-refractivity contribution in [2.75, 3.05) is 18.0 Å². The van der Waals surface area contributed by atoms with Crippen LogP contribution >= 0.6 is 0 Å². The third-order valence-corrected chi connectivity index (χ3v) is 4.47. The number of pyridine rings is 1. The Balaban J connectivity index is 1.76. The number of nitrogens with one attached hydrogen (secondary N) is 2. The molecule has 2 N–H and O–H groups in total. The second kappa shape index (κ2) is 6.35. The predicted octanol–water partition coefficient (Wildman–Crippen LogP) is 2.00. The van der Waals surface area contributed by atoms with Crippen molar-refractivity contribution in [2.24, 2.45) is 0 Å². The summed E-state index contributed by atoms with van der Waals surface area (Å²) in [6.45, 7) is 9.88. The van der Waals surface area contributed by atoms with Crippen molar-refractivity contribution in [3.05, 3.63) is 23.4 Å². The van der Waals surface area contributed by atoms with Crippen LogP contribution in [0.2, 0.25) is 0 Å². The van der Waals surface area contributed by atoms with Gasteiger partial charge in [-0.05, 0) is 45.7 Å². The molecule has 1 saturated heterocycles. The lowest BCUT2D eigenvalue weighted by Crippen LogP contribution is -2.55. The molecule has 3 atom stereocenters. The zero-order valence-corrected chi connectivity index (χ0v) is 14.3.